The molecule has 294 valence electrons. The first-order chi connectivity index (χ1) is 24.5. The van der Waals surface area contributed by atoms with E-state index in [9.17, 15) is 31.9 Å². The molecule has 52 heavy (non-hydrogen) atoms. The van der Waals surface area contributed by atoms with Crippen LogP contribution in [0.4, 0.5) is 24.5 Å². The van der Waals surface area contributed by atoms with Crippen LogP contribution in [-0.2, 0) is 14.3 Å². The van der Waals surface area contributed by atoms with E-state index in [4.69, 9.17) is 4.74 Å². The highest BCUT2D eigenvalue weighted by Crippen LogP contribution is 2.63. The third kappa shape index (κ3) is 9.82. The summed E-state index contributed by atoms with van der Waals surface area (Å²) < 4.78 is 77.0. The Morgan fingerprint density at radius 3 is 2.13 bits per heavy atom. The summed E-state index contributed by atoms with van der Waals surface area (Å²) in [4.78, 5) is 27.9. The first-order valence-electron chi connectivity index (χ1n) is 18.8. The monoisotopic (exact) mass is 754 g/mol. The first kappa shape index (κ1) is 43.6. The van der Waals surface area contributed by atoms with Gasteiger partial charge in [0.2, 0.25) is 5.91 Å². The van der Waals surface area contributed by atoms with E-state index < -0.39 is 40.5 Å². The predicted molar refractivity (Wildman–Crippen MR) is 203 cm³/mol. The summed E-state index contributed by atoms with van der Waals surface area (Å²) in [6.07, 6.45) is -2.14. The van der Waals surface area contributed by atoms with Crippen molar-refractivity contribution in [3.8, 4) is 0 Å². The van der Waals surface area contributed by atoms with Crippen molar-refractivity contribution in [2.45, 2.75) is 121 Å². The molecule has 0 saturated heterocycles. The smallest absolute Gasteiger partial charge is 0.490 e. The molecule has 0 aliphatic carbocycles. The molecule has 1 aliphatic heterocycles. The van der Waals surface area contributed by atoms with Gasteiger partial charge in [0.1, 0.15) is 6.10 Å². The van der Waals surface area contributed by atoms with Crippen molar-refractivity contribution in [2.75, 3.05) is 57.5 Å². The summed E-state index contributed by atoms with van der Waals surface area (Å²) >= 11 is 0. The quantitative estimate of drug-likeness (QED) is 0.0889. The number of nitrogens with one attached hydrogen (secondary N) is 1. The average Bonchev–Trinajstić information content (AvgIpc) is 3.16. The lowest BCUT2D eigenvalue weighted by Crippen LogP contribution is -2.58. The zero-order valence-corrected chi connectivity index (χ0v) is 33.2. The largest absolute Gasteiger partial charge is 0.750 e. The standard InChI is InChI=1S/C39H61F3N4O5S/c1-9-14-24-38(25-15-10-2)36(51-37(48)39(40,41)42)35(32-28-31(44(6)7)22-23-33(32)52(49,50)45(38)8)29-19-18-20-30(27-29)43-34(47)21-16-17-26-46(11-3,12-4)13-5/h18-20,22-23,27-28,35-36H,9-17,21,24-26H2,1-8H3,(H2-,43,47,49,50)/t35-,36-/m1/s1. The normalized spacial score (nSPS) is 21.8. The number of quaternary nitrogens is 1. The number of benzene rings is 2. The third-order valence-corrected chi connectivity index (χ3v) is 13.2. The summed E-state index contributed by atoms with van der Waals surface area (Å²) in [5, 5.41) is 2.97. The van der Waals surface area contributed by atoms with Crippen LogP contribution in [0.3, 0.4) is 0 Å². The van der Waals surface area contributed by atoms with Crippen LogP contribution in [0.15, 0.2) is 47.4 Å². The molecule has 0 spiro atoms. The second kappa shape index (κ2) is 18.5. The van der Waals surface area contributed by atoms with E-state index in [1.54, 1.807) is 61.5 Å². The van der Waals surface area contributed by atoms with E-state index in [-0.39, 0.29) is 29.2 Å². The van der Waals surface area contributed by atoms with Gasteiger partial charge in [0.05, 0.1) is 31.7 Å². The second-order valence-corrected chi connectivity index (χ2v) is 16.3. The van der Waals surface area contributed by atoms with Gasteiger partial charge in [-0.25, -0.2) is 9.10 Å². The SMILES string of the molecule is CCCCC1(CCCC)[C@H](OC(=O)C(F)(F)F)[C@H](c2cccc(NC(=O)CCCC[N+](CC)(CC)CC)c2)c2cc(N(C)C)ccc2S([O-])(O)N1C. The molecule has 9 nitrogen and oxygen atoms in total. The number of amides is 1. The maximum absolute atomic E-state index is 14.7. The fourth-order valence-electron chi connectivity index (χ4n) is 7.66. The Morgan fingerprint density at radius 2 is 1.60 bits per heavy atom. The van der Waals surface area contributed by atoms with E-state index >= 15 is 0 Å². The van der Waals surface area contributed by atoms with Gasteiger partial charge in [-0.1, -0.05) is 51.7 Å². The van der Waals surface area contributed by atoms with Gasteiger partial charge in [-0.3, -0.25) is 15.6 Å². The molecule has 3 atom stereocenters. The summed E-state index contributed by atoms with van der Waals surface area (Å²) in [6, 6.07) is 11.7. The van der Waals surface area contributed by atoms with Gasteiger partial charge in [0, 0.05) is 49.8 Å². The predicted octanol–water partition coefficient (Wildman–Crippen LogP) is 9.09. The minimum atomic E-state index is -5.30. The molecule has 1 unspecified atom stereocenters. The number of hydrogen-bond acceptors (Lipinski definition) is 7. The highest BCUT2D eigenvalue weighted by molar-refractivity contribution is 8.22. The van der Waals surface area contributed by atoms with Crippen LogP contribution in [0.2, 0.25) is 0 Å². The van der Waals surface area contributed by atoms with Crippen molar-refractivity contribution in [1.82, 2.24) is 4.31 Å². The van der Waals surface area contributed by atoms with Gasteiger partial charge >= 0.3 is 12.1 Å². The molecule has 0 bridgehead atoms. The number of halogens is 3. The van der Waals surface area contributed by atoms with Gasteiger partial charge in [-0.05, 0) is 87.9 Å². The molecule has 0 saturated carbocycles. The van der Waals surface area contributed by atoms with Crippen LogP contribution in [0.5, 0.6) is 0 Å². The third-order valence-electron chi connectivity index (χ3n) is 11.2. The number of esters is 1. The van der Waals surface area contributed by atoms with Crippen LogP contribution < -0.4 is 10.2 Å². The van der Waals surface area contributed by atoms with Crippen molar-refractivity contribution in [3.05, 3.63) is 53.6 Å². The molecule has 0 aromatic heterocycles. The maximum atomic E-state index is 14.7. The molecule has 1 heterocycles. The van der Waals surface area contributed by atoms with Crippen LogP contribution in [0.25, 0.3) is 0 Å². The Balaban J connectivity index is 2.21. The highest BCUT2D eigenvalue weighted by atomic mass is 32.3. The Hall–Kier alpha value is -2.84. The zero-order valence-electron chi connectivity index (χ0n) is 32.4. The molecule has 0 fully saturated rings. The molecule has 3 rings (SSSR count). The summed E-state index contributed by atoms with van der Waals surface area (Å²) in [6.45, 7) is 14.5. The highest BCUT2D eigenvalue weighted by Gasteiger charge is 2.56. The molecule has 1 aliphatic rings. The number of fused-ring (bicyclic) bond motifs is 1. The van der Waals surface area contributed by atoms with E-state index in [0.29, 0.717) is 55.5 Å². The molecule has 0 radical (unpaired) electrons. The van der Waals surface area contributed by atoms with Gasteiger partial charge in [0.15, 0.2) is 0 Å². The number of anilines is 2. The van der Waals surface area contributed by atoms with Gasteiger partial charge in [-0.15, -0.1) is 0 Å². The van der Waals surface area contributed by atoms with Crippen molar-refractivity contribution in [2.24, 2.45) is 0 Å². The molecule has 2 aromatic carbocycles. The van der Waals surface area contributed by atoms with Gasteiger partial charge < -0.3 is 28.5 Å². The van der Waals surface area contributed by atoms with E-state index in [1.165, 1.54) is 11.4 Å². The van der Waals surface area contributed by atoms with Crippen molar-refractivity contribution >= 4 is 34.0 Å². The fraction of sp³-hybridized carbons (Fsp3) is 0.641. The topological polar surface area (TPSA) is 105 Å². The molecule has 2 aromatic rings. The fourth-order valence-corrected chi connectivity index (χ4v) is 9.47. The van der Waals surface area contributed by atoms with Crippen molar-refractivity contribution in [1.29, 1.82) is 0 Å². The molecule has 2 N–H and O–H groups in total. The molecule has 13 heteroatoms. The number of carbonyl (C=O) groups is 2. The number of hydrogen-bond donors (Lipinski definition) is 2. The summed E-state index contributed by atoms with van der Waals surface area (Å²) in [5.41, 5.74) is 0.369. The number of nitrogens with zero attached hydrogens (tertiary/aromatic N) is 3. The lowest BCUT2D eigenvalue weighted by molar-refractivity contribution is -0.923. The molecular weight excluding hydrogens is 694 g/mol. The van der Waals surface area contributed by atoms with Crippen LogP contribution in [0, 0.1) is 0 Å². The van der Waals surface area contributed by atoms with Gasteiger partial charge in [0.25, 0.3) is 0 Å². The minimum Gasteiger partial charge on any atom is -0.750 e. The lowest BCUT2D eigenvalue weighted by Gasteiger charge is -2.60. The average molecular weight is 755 g/mol. The van der Waals surface area contributed by atoms with Crippen molar-refractivity contribution < 1.29 is 41.1 Å². The Labute approximate surface area is 311 Å². The number of likely N-dealkylation sites (N-methyl/N-ethyl adjacent to an activating group) is 1. The Kier molecular flexibility index (Phi) is 15.5. The second-order valence-electron chi connectivity index (χ2n) is 14.4. The Morgan fingerprint density at radius 1 is 0.981 bits per heavy atom. The van der Waals surface area contributed by atoms with Gasteiger partial charge in [-0.2, -0.15) is 13.2 Å². The number of rotatable bonds is 18. The zero-order chi connectivity index (χ0) is 38.9. The van der Waals surface area contributed by atoms with E-state index in [1.807, 2.05) is 13.8 Å². The van der Waals surface area contributed by atoms with Crippen LogP contribution in [0.1, 0.15) is 109 Å². The lowest BCUT2D eigenvalue weighted by atomic mass is 9.72. The van der Waals surface area contributed by atoms with Crippen LogP contribution >= 0.6 is 10.8 Å². The van der Waals surface area contributed by atoms with Crippen LogP contribution in [-0.4, -0.2) is 94.9 Å². The number of ether oxygens (including phenoxy) is 1. The first-order valence-corrected chi connectivity index (χ1v) is 20.3. The summed E-state index contributed by atoms with van der Waals surface area (Å²) in [5.74, 6) is -3.63. The van der Waals surface area contributed by atoms with Crippen molar-refractivity contribution in [3.63, 3.8) is 0 Å². The number of unbranched alkanes of at least 4 members (excludes halogenated alkanes) is 3. The molecular formula is C39H61F3N4O5S. The van der Waals surface area contributed by atoms with E-state index in [2.05, 4.69) is 26.1 Å². The van der Waals surface area contributed by atoms with E-state index in [0.717, 1.165) is 37.1 Å². The summed E-state index contributed by atoms with van der Waals surface area (Å²) in [7, 11) is 0.998. The Bertz CT molecular complexity index is 1470. The number of carbonyl (C=O) groups excluding carboxylic acids is 2. The number of alkyl halides is 3. The minimum absolute atomic E-state index is 0.0451. The molecule has 1 amide bonds. The maximum Gasteiger partial charge on any atom is 0.490 e.